The minimum absolute atomic E-state index is 0.161. The van der Waals surface area contributed by atoms with Gasteiger partial charge in [0.15, 0.2) is 0 Å². The Labute approximate surface area is 123 Å². The molecule has 0 spiro atoms. The molecule has 2 aromatic rings. The third-order valence-corrected chi connectivity index (χ3v) is 4.41. The summed E-state index contributed by atoms with van der Waals surface area (Å²) in [5.74, 6) is -0.373. The van der Waals surface area contributed by atoms with Gasteiger partial charge < -0.3 is 10.6 Å². The van der Waals surface area contributed by atoms with Crippen LogP contribution in [0.3, 0.4) is 0 Å². The molecule has 0 atom stereocenters. The Bertz CT molecular complexity index is 606. The predicted molar refractivity (Wildman–Crippen MR) is 79.4 cm³/mol. The van der Waals surface area contributed by atoms with Gasteiger partial charge in [-0.05, 0) is 23.6 Å². The van der Waals surface area contributed by atoms with Crippen LogP contribution in [0.25, 0.3) is 0 Å². The first-order valence-corrected chi connectivity index (χ1v) is 7.51. The van der Waals surface area contributed by atoms with Crippen LogP contribution in [0, 0.1) is 0 Å². The quantitative estimate of drug-likeness (QED) is 0.911. The molecule has 2 N–H and O–H groups in total. The fraction of sp³-hybridized carbons (Fsp3) is 0.167. The van der Waals surface area contributed by atoms with Crippen molar-refractivity contribution in [3.63, 3.8) is 0 Å². The summed E-state index contributed by atoms with van der Waals surface area (Å²) in [5, 5.41) is 7.61. The van der Waals surface area contributed by atoms with Crippen molar-refractivity contribution in [3.8, 4) is 0 Å². The molecule has 2 aromatic heterocycles. The molecule has 2 heterocycles. The maximum atomic E-state index is 11.9. The maximum absolute atomic E-state index is 11.9. The first-order valence-electron chi connectivity index (χ1n) is 5.44. The second-order valence-corrected chi connectivity index (χ2v) is 6.39. The minimum Gasteiger partial charge on any atom is -0.355 e. The number of anilines is 1. The van der Waals surface area contributed by atoms with Gasteiger partial charge in [-0.2, -0.15) is 0 Å². The molecule has 4 nitrogen and oxygen atoms in total. The average molecular weight is 315 g/mol. The normalized spacial score (nSPS) is 10.2. The van der Waals surface area contributed by atoms with E-state index in [4.69, 9.17) is 11.6 Å². The molecule has 0 unspecified atom stereocenters. The van der Waals surface area contributed by atoms with Crippen LogP contribution in [0.2, 0.25) is 4.34 Å². The van der Waals surface area contributed by atoms with Gasteiger partial charge in [-0.3, -0.25) is 9.59 Å². The standard InChI is InChI=1S/C12H11ClN2O2S2/c1-14-11(17)8-4-5-18-12(8)15-10(16)6-7-2-3-9(13)19-7/h2-5H,6H2,1H3,(H,14,17)(H,15,16). The van der Waals surface area contributed by atoms with Crippen molar-refractivity contribution in [1.82, 2.24) is 5.32 Å². The Balaban J connectivity index is 2.03. The highest BCUT2D eigenvalue weighted by Crippen LogP contribution is 2.25. The third-order valence-electron chi connectivity index (χ3n) is 2.35. The molecule has 0 bridgehead atoms. The average Bonchev–Trinajstić information content (AvgIpc) is 2.97. The number of hydrogen-bond donors (Lipinski definition) is 2. The lowest BCUT2D eigenvalue weighted by atomic mass is 10.3. The fourth-order valence-electron chi connectivity index (χ4n) is 1.50. The Morgan fingerprint density at radius 1 is 1.32 bits per heavy atom. The lowest BCUT2D eigenvalue weighted by molar-refractivity contribution is -0.115. The first kappa shape index (κ1) is 14.0. The zero-order valence-corrected chi connectivity index (χ0v) is 12.4. The van der Waals surface area contributed by atoms with Crippen molar-refractivity contribution < 1.29 is 9.59 Å². The molecule has 0 saturated heterocycles. The summed E-state index contributed by atoms with van der Waals surface area (Å²) < 4.78 is 0.657. The van der Waals surface area contributed by atoms with Crippen LogP contribution < -0.4 is 10.6 Å². The monoisotopic (exact) mass is 314 g/mol. The van der Waals surface area contributed by atoms with E-state index in [1.54, 1.807) is 24.6 Å². The summed E-state index contributed by atoms with van der Waals surface area (Å²) in [6.07, 6.45) is 0.252. The molecule has 19 heavy (non-hydrogen) atoms. The molecule has 0 aliphatic carbocycles. The van der Waals surface area contributed by atoms with Crippen molar-refractivity contribution in [2.24, 2.45) is 0 Å². The molecular weight excluding hydrogens is 304 g/mol. The lowest BCUT2D eigenvalue weighted by Crippen LogP contribution is -2.20. The van der Waals surface area contributed by atoms with Gasteiger partial charge in [0.2, 0.25) is 5.91 Å². The van der Waals surface area contributed by atoms with E-state index in [1.165, 1.54) is 22.7 Å². The van der Waals surface area contributed by atoms with Crippen LogP contribution in [0.15, 0.2) is 23.6 Å². The molecule has 0 fully saturated rings. The summed E-state index contributed by atoms with van der Waals surface area (Å²) in [6.45, 7) is 0. The molecule has 0 aliphatic rings. The van der Waals surface area contributed by atoms with E-state index >= 15 is 0 Å². The third kappa shape index (κ3) is 3.56. The fourth-order valence-corrected chi connectivity index (χ4v) is 3.38. The number of thiophene rings is 2. The van der Waals surface area contributed by atoms with Crippen LogP contribution in [0.1, 0.15) is 15.2 Å². The molecule has 0 radical (unpaired) electrons. The number of halogens is 1. The predicted octanol–water partition coefficient (Wildman–Crippen LogP) is 3.00. The summed E-state index contributed by atoms with van der Waals surface area (Å²) in [6, 6.07) is 5.26. The second kappa shape index (κ2) is 6.18. The van der Waals surface area contributed by atoms with Gasteiger partial charge in [0.25, 0.3) is 5.91 Å². The highest BCUT2D eigenvalue weighted by atomic mass is 35.5. The van der Waals surface area contributed by atoms with E-state index < -0.39 is 0 Å². The lowest BCUT2D eigenvalue weighted by Gasteiger charge is -2.04. The zero-order chi connectivity index (χ0) is 13.8. The Morgan fingerprint density at radius 3 is 2.74 bits per heavy atom. The van der Waals surface area contributed by atoms with E-state index in [-0.39, 0.29) is 18.2 Å². The van der Waals surface area contributed by atoms with Crippen LogP contribution in [-0.4, -0.2) is 18.9 Å². The van der Waals surface area contributed by atoms with Crippen molar-refractivity contribution in [1.29, 1.82) is 0 Å². The molecule has 7 heteroatoms. The summed E-state index contributed by atoms with van der Waals surface area (Å²) in [5.41, 5.74) is 0.477. The minimum atomic E-state index is -0.212. The van der Waals surface area contributed by atoms with Gasteiger partial charge in [-0.25, -0.2) is 0 Å². The van der Waals surface area contributed by atoms with Crippen LogP contribution in [-0.2, 0) is 11.2 Å². The highest BCUT2D eigenvalue weighted by Gasteiger charge is 2.14. The number of amides is 2. The van der Waals surface area contributed by atoms with E-state index in [0.717, 1.165) is 4.88 Å². The SMILES string of the molecule is CNC(=O)c1ccsc1NC(=O)Cc1ccc(Cl)s1. The van der Waals surface area contributed by atoms with Gasteiger partial charge >= 0.3 is 0 Å². The molecular formula is C12H11ClN2O2S2. The number of hydrogen-bond acceptors (Lipinski definition) is 4. The molecule has 100 valence electrons. The molecule has 0 saturated carbocycles. The van der Waals surface area contributed by atoms with Gasteiger partial charge in [0.1, 0.15) is 5.00 Å². The Hall–Kier alpha value is -1.37. The molecule has 2 rings (SSSR count). The van der Waals surface area contributed by atoms with E-state index in [9.17, 15) is 9.59 Å². The van der Waals surface area contributed by atoms with E-state index in [0.29, 0.717) is 14.9 Å². The van der Waals surface area contributed by atoms with Gasteiger partial charge in [-0.1, -0.05) is 11.6 Å². The number of carbonyl (C=O) groups excluding carboxylic acids is 2. The largest absolute Gasteiger partial charge is 0.355 e. The number of carbonyl (C=O) groups is 2. The Morgan fingerprint density at radius 2 is 2.11 bits per heavy atom. The summed E-state index contributed by atoms with van der Waals surface area (Å²) in [7, 11) is 1.55. The van der Waals surface area contributed by atoms with Crippen molar-refractivity contribution in [2.75, 3.05) is 12.4 Å². The second-order valence-electron chi connectivity index (χ2n) is 3.67. The van der Waals surface area contributed by atoms with Crippen molar-refractivity contribution in [2.45, 2.75) is 6.42 Å². The zero-order valence-electron chi connectivity index (χ0n) is 10.0. The molecule has 2 amide bonds. The van der Waals surface area contributed by atoms with Crippen molar-refractivity contribution in [3.05, 3.63) is 38.4 Å². The first-order chi connectivity index (χ1) is 9.10. The highest BCUT2D eigenvalue weighted by molar-refractivity contribution is 7.16. The number of nitrogens with one attached hydrogen (secondary N) is 2. The summed E-state index contributed by atoms with van der Waals surface area (Å²) >= 11 is 8.50. The van der Waals surface area contributed by atoms with Crippen LogP contribution >= 0.6 is 34.3 Å². The van der Waals surface area contributed by atoms with E-state index in [2.05, 4.69) is 10.6 Å². The van der Waals surface area contributed by atoms with Crippen LogP contribution in [0.5, 0.6) is 0 Å². The Kier molecular flexibility index (Phi) is 4.57. The van der Waals surface area contributed by atoms with Gasteiger partial charge in [0, 0.05) is 11.9 Å². The smallest absolute Gasteiger partial charge is 0.254 e. The van der Waals surface area contributed by atoms with Crippen LogP contribution in [0.4, 0.5) is 5.00 Å². The number of rotatable bonds is 4. The molecule has 0 aromatic carbocycles. The van der Waals surface area contributed by atoms with Crippen molar-refractivity contribution >= 4 is 51.1 Å². The maximum Gasteiger partial charge on any atom is 0.254 e. The molecule has 0 aliphatic heterocycles. The summed E-state index contributed by atoms with van der Waals surface area (Å²) in [4.78, 5) is 24.3. The van der Waals surface area contributed by atoms with E-state index in [1.807, 2.05) is 6.07 Å². The van der Waals surface area contributed by atoms with Gasteiger partial charge in [-0.15, -0.1) is 22.7 Å². The topological polar surface area (TPSA) is 58.2 Å². The van der Waals surface area contributed by atoms with Gasteiger partial charge in [0.05, 0.1) is 16.3 Å².